The lowest BCUT2D eigenvalue weighted by Crippen LogP contribution is -2.26. The summed E-state index contributed by atoms with van der Waals surface area (Å²) in [6.45, 7) is 2.06. The SMILES string of the molecule is CC(=O)c1ccc(Nc2ccc(C(=O)NCCc3ccccc3)nn2)cc1. The van der Waals surface area contributed by atoms with E-state index in [1.165, 1.54) is 12.5 Å². The van der Waals surface area contributed by atoms with Gasteiger partial charge in [0.25, 0.3) is 5.91 Å². The molecule has 0 saturated heterocycles. The van der Waals surface area contributed by atoms with Gasteiger partial charge in [-0.3, -0.25) is 9.59 Å². The van der Waals surface area contributed by atoms with Crippen LogP contribution in [-0.4, -0.2) is 28.4 Å². The summed E-state index contributed by atoms with van der Waals surface area (Å²) in [4.78, 5) is 23.4. The minimum atomic E-state index is -0.254. The summed E-state index contributed by atoms with van der Waals surface area (Å²) in [7, 11) is 0. The van der Waals surface area contributed by atoms with Crippen LogP contribution in [0.15, 0.2) is 66.7 Å². The number of nitrogens with one attached hydrogen (secondary N) is 2. The smallest absolute Gasteiger partial charge is 0.271 e. The van der Waals surface area contributed by atoms with Crippen LogP contribution in [0.5, 0.6) is 0 Å². The molecule has 0 bridgehead atoms. The summed E-state index contributed by atoms with van der Waals surface area (Å²) < 4.78 is 0. The zero-order valence-electron chi connectivity index (χ0n) is 15.0. The van der Waals surface area contributed by atoms with Crippen LogP contribution in [0.25, 0.3) is 0 Å². The maximum Gasteiger partial charge on any atom is 0.271 e. The minimum absolute atomic E-state index is 0.0176. The number of carbonyl (C=O) groups excluding carboxylic acids is 2. The number of hydrogen-bond acceptors (Lipinski definition) is 5. The second-order valence-electron chi connectivity index (χ2n) is 6.05. The highest BCUT2D eigenvalue weighted by atomic mass is 16.2. The third-order valence-electron chi connectivity index (χ3n) is 4.00. The fourth-order valence-electron chi connectivity index (χ4n) is 2.51. The van der Waals surface area contributed by atoms with E-state index in [0.29, 0.717) is 17.9 Å². The van der Waals surface area contributed by atoms with E-state index in [-0.39, 0.29) is 17.4 Å². The number of aromatic nitrogens is 2. The summed E-state index contributed by atoms with van der Waals surface area (Å²) in [5, 5.41) is 13.9. The van der Waals surface area contributed by atoms with E-state index in [2.05, 4.69) is 20.8 Å². The quantitative estimate of drug-likeness (QED) is 0.631. The van der Waals surface area contributed by atoms with Gasteiger partial charge in [0.15, 0.2) is 17.3 Å². The maximum atomic E-state index is 12.1. The summed E-state index contributed by atoms with van der Waals surface area (Å²) in [6.07, 6.45) is 0.760. The van der Waals surface area contributed by atoms with Gasteiger partial charge in [0.2, 0.25) is 0 Å². The number of carbonyl (C=O) groups is 2. The van der Waals surface area contributed by atoms with Gasteiger partial charge in [-0.15, -0.1) is 10.2 Å². The third-order valence-corrected chi connectivity index (χ3v) is 4.00. The van der Waals surface area contributed by atoms with Crippen LogP contribution in [0, 0.1) is 0 Å². The number of nitrogens with zero attached hydrogens (tertiary/aromatic N) is 2. The average Bonchev–Trinajstić information content (AvgIpc) is 2.70. The van der Waals surface area contributed by atoms with Crippen LogP contribution < -0.4 is 10.6 Å². The molecule has 6 heteroatoms. The van der Waals surface area contributed by atoms with Crippen LogP contribution in [0.1, 0.15) is 33.3 Å². The number of Topliss-reactive ketones (excluding diaryl/α,β-unsaturated/α-hetero) is 1. The van der Waals surface area contributed by atoms with E-state index in [0.717, 1.165) is 12.1 Å². The summed E-state index contributed by atoms with van der Waals surface area (Å²) >= 11 is 0. The molecule has 1 heterocycles. The lowest BCUT2D eigenvalue weighted by Gasteiger charge is -2.07. The molecule has 27 heavy (non-hydrogen) atoms. The molecule has 6 nitrogen and oxygen atoms in total. The molecule has 0 spiro atoms. The number of anilines is 2. The molecule has 0 aliphatic carbocycles. The van der Waals surface area contributed by atoms with E-state index >= 15 is 0 Å². The highest BCUT2D eigenvalue weighted by molar-refractivity contribution is 5.94. The van der Waals surface area contributed by atoms with Crippen molar-refractivity contribution >= 4 is 23.2 Å². The van der Waals surface area contributed by atoms with Gasteiger partial charge in [0, 0.05) is 17.8 Å². The molecule has 0 fully saturated rings. The Hall–Kier alpha value is -3.54. The summed E-state index contributed by atoms with van der Waals surface area (Å²) in [5.74, 6) is 0.283. The van der Waals surface area contributed by atoms with Crippen LogP contribution in [0.3, 0.4) is 0 Å². The van der Waals surface area contributed by atoms with Crippen molar-refractivity contribution in [3.8, 4) is 0 Å². The maximum absolute atomic E-state index is 12.1. The van der Waals surface area contributed by atoms with E-state index in [1.807, 2.05) is 30.3 Å². The van der Waals surface area contributed by atoms with Crippen molar-refractivity contribution in [1.29, 1.82) is 0 Å². The second-order valence-corrected chi connectivity index (χ2v) is 6.05. The predicted molar refractivity (Wildman–Crippen MR) is 104 cm³/mol. The van der Waals surface area contributed by atoms with Crippen molar-refractivity contribution in [3.63, 3.8) is 0 Å². The molecule has 0 saturated carbocycles. The molecular formula is C21H20N4O2. The van der Waals surface area contributed by atoms with Gasteiger partial charge in [-0.1, -0.05) is 30.3 Å². The van der Waals surface area contributed by atoms with Crippen molar-refractivity contribution < 1.29 is 9.59 Å². The molecule has 1 aromatic heterocycles. The fraction of sp³-hybridized carbons (Fsp3) is 0.143. The van der Waals surface area contributed by atoms with Crippen LogP contribution >= 0.6 is 0 Å². The third kappa shape index (κ3) is 5.22. The Morgan fingerprint density at radius 1 is 0.889 bits per heavy atom. The standard InChI is InChI=1S/C21H20N4O2/c1-15(26)17-7-9-18(10-8-17)23-20-12-11-19(24-25-20)21(27)22-14-13-16-5-3-2-4-6-16/h2-12H,13-14H2,1H3,(H,22,27)(H,23,25). The molecule has 2 aromatic carbocycles. The predicted octanol–water partition coefficient (Wildman–Crippen LogP) is 3.40. The Morgan fingerprint density at radius 3 is 2.26 bits per heavy atom. The van der Waals surface area contributed by atoms with Gasteiger partial charge in [0.1, 0.15) is 0 Å². The van der Waals surface area contributed by atoms with E-state index in [4.69, 9.17) is 0 Å². The summed E-state index contributed by atoms with van der Waals surface area (Å²) in [6, 6.07) is 20.3. The first kappa shape index (κ1) is 18.3. The second kappa shape index (κ2) is 8.71. The number of benzene rings is 2. The van der Waals surface area contributed by atoms with Crippen LogP contribution in [0.4, 0.5) is 11.5 Å². The number of ketones is 1. The average molecular weight is 360 g/mol. The normalized spacial score (nSPS) is 10.3. The summed E-state index contributed by atoms with van der Waals surface area (Å²) in [5.41, 5.74) is 2.86. The first-order valence-corrected chi connectivity index (χ1v) is 8.66. The molecule has 3 rings (SSSR count). The van der Waals surface area contributed by atoms with Gasteiger partial charge >= 0.3 is 0 Å². The molecule has 1 amide bonds. The van der Waals surface area contributed by atoms with Gasteiger partial charge in [-0.05, 0) is 55.3 Å². The largest absolute Gasteiger partial charge is 0.350 e. The topological polar surface area (TPSA) is 84.0 Å². The van der Waals surface area contributed by atoms with E-state index in [9.17, 15) is 9.59 Å². The van der Waals surface area contributed by atoms with Crippen molar-refractivity contribution in [1.82, 2.24) is 15.5 Å². The lowest BCUT2D eigenvalue weighted by atomic mass is 10.1. The Bertz CT molecular complexity index is 907. The Kier molecular flexibility index (Phi) is 5.89. The van der Waals surface area contributed by atoms with E-state index < -0.39 is 0 Å². The van der Waals surface area contributed by atoms with Gasteiger partial charge in [0.05, 0.1) is 0 Å². The Morgan fingerprint density at radius 2 is 1.63 bits per heavy atom. The number of amides is 1. The Balaban J connectivity index is 1.53. The molecular weight excluding hydrogens is 340 g/mol. The van der Waals surface area contributed by atoms with Crippen LogP contribution in [-0.2, 0) is 6.42 Å². The zero-order valence-corrected chi connectivity index (χ0v) is 15.0. The van der Waals surface area contributed by atoms with Crippen molar-refractivity contribution in [3.05, 3.63) is 83.6 Å². The molecule has 0 unspecified atom stereocenters. The fourth-order valence-corrected chi connectivity index (χ4v) is 2.51. The van der Waals surface area contributed by atoms with Crippen molar-refractivity contribution in [2.24, 2.45) is 0 Å². The molecule has 0 aliphatic heterocycles. The first-order valence-electron chi connectivity index (χ1n) is 8.66. The minimum Gasteiger partial charge on any atom is -0.350 e. The highest BCUT2D eigenvalue weighted by Crippen LogP contribution is 2.15. The van der Waals surface area contributed by atoms with Gasteiger partial charge < -0.3 is 10.6 Å². The van der Waals surface area contributed by atoms with Crippen molar-refractivity contribution in [2.75, 3.05) is 11.9 Å². The molecule has 136 valence electrons. The monoisotopic (exact) mass is 360 g/mol. The van der Waals surface area contributed by atoms with E-state index in [1.54, 1.807) is 36.4 Å². The number of hydrogen-bond donors (Lipinski definition) is 2. The van der Waals surface area contributed by atoms with Crippen molar-refractivity contribution in [2.45, 2.75) is 13.3 Å². The Labute approximate surface area is 157 Å². The zero-order chi connectivity index (χ0) is 19.1. The first-order chi connectivity index (χ1) is 13.1. The number of rotatable bonds is 7. The molecule has 0 atom stereocenters. The van der Waals surface area contributed by atoms with Gasteiger partial charge in [-0.2, -0.15) is 0 Å². The van der Waals surface area contributed by atoms with Crippen LogP contribution in [0.2, 0.25) is 0 Å². The molecule has 3 aromatic rings. The highest BCUT2D eigenvalue weighted by Gasteiger charge is 2.08. The van der Waals surface area contributed by atoms with Gasteiger partial charge in [-0.25, -0.2) is 0 Å². The molecule has 0 radical (unpaired) electrons. The lowest BCUT2D eigenvalue weighted by molar-refractivity contribution is 0.0947. The molecule has 0 aliphatic rings. The molecule has 2 N–H and O–H groups in total.